The van der Waals surface area contributed by atoms with E-state index in [0.29, 0.717) is 0 Å². The van der Waals surface area contributed by atoms with Crippen LogP contribution in [0.4, 0.5) is 0 Å². The molecule has 1 radical (unpaired) electrons. The number of hydrogen-bond donors (Lipinski definition) is 1. The van der Waals surface area contributed by atoms with Crippen LogP contribution in [0.1, 0.15) is 117 Å². The second kappa shape index (κ2) is 17.3. The maximum atomic E-state index is 11.7. The third-order valence-electron chi connectivity index (χ3n) is 10.4. The van der Waals surface area contributed by atoms with Crippen LogP contribution >= 0.6 is 0 Å². The Kier molecular flexibility index (Phi) is 13.7. The summed E-state index contributed by atoms with van der Waals surface area (Å²) in [6, 6.07) is 23.5. The molecule has 0 unspecified atom stereocenters. The van der Waals surface area contributed by atoms with Crippen LogP contribution in [0.2, 0.25) is 0 Å². The molecule has 0 bridgehead atoms. The van der Waals surface area contributed by atoms with E-state index in [9.17, 15) is 9.90 Å². The molecule has 6 heteroatoms. The normalized spacial score (nSPS) is 12.5. The van der Waals surface area contributed by atoms with Gasteiger partial charge in [-0.1, -0.05) is 122 Å². The van der Waals surface area contributed by atoms with E-state index in [0.717, 1.165) is 82.0 Å². The number of aliphatic hydroxyl groups excluding tert-OH is 1. The van der Waals surface area contributed by atoms with Crippen molar-refractivity contribution in [2.45, 2.75) is 121 Å². The Bertz CT molecular complexity index is 2290. The number of carbonyl (C=O) groups is 1. The zero-order chi connectivity index (χ0) is 38.8. The molecule has 2 aromatic heterocycles. The van der Waals surface area contributed by atoms with Crippen LogP contribution in [0.15, 0.2) is 70.8 Å². The Labute approximate surface area is 336 Å². The molecule has 289 valence electrons. The summed E-state index contributed by atoms with van der Waals surface area (Å²) in [5, 5.41) is 15.4. The summed E-state index contributed by atoms with van der Waals surface area (Å²) < 4.78 is 6.66. The average Bonchev–Trinajstić information content (AvgIpc) is 3.46. The van der Waals surface area contributed by atoms with E-state index >= 15 is 0 Å². The van der Waals surface area contributed by atoms with Crippen LogP contribution in [0.25, 0.3) is 54.9 Å². The number of fused-ring (bicyclic) bond motifs is 6. The van der Waals surface area contributed by atoms with E-state index in [1.807, 2.05) is 34.6 Å². The first-order valence-corrected chi connectivity index (χ1v) is 19.5. The van der Waals surface area contributed by atoms with Crippen molar-refractivity contribution >= 4 is 49.4 Å². The van der Waals surface area contributed by atoms with E-state index in [1.165, 1.54) is 33.5 Å². The summed E-state index contributed by atoms with van der Waals surface area (Å²) in [5.74, 6) is 1.27. The molecule has 54 heavy (non-hydrogen) atoms. The molecule has 0 aliphatic carbocycles. The molecule has 0 saturated heterocycles. The second-order valence-electron chi connectivity index (χ2n) is 17.0. The number of furan rings is 1. The summed E-state index contributed by atoms with van der Waals surface area (Å²) in [6.45, 7) is 25.8. The predicted octanol–water partition coefficient (Wildman–Crippen LogP) is 13.5. The van der Waals surface area contributed by atoms with Gasteiger partial charge in [0.15, 0.2) is 5.78 Å². The third-order valence-corrected chi connectivity index (χ3v) is 10.4. The average molecular weight is 904 g/mol. The Morgan fingerprint density at radius 1 is 0.796 bits per heavy atom. The molecule has 6 rings (SSSR count). The van der Waals surface area contributed by atoms with E-state index in [4.69, 9.17) is 14.4 Å². The molecule has 5 nitrogen and oxygen atoms in total. The van der Waals surface area contributed by atoms with Crippen molar-refractivity contribution in [1.82, 2.24) is 9.97 Å². The van der Waals surface area contributed by atoms with Crippen LogP contribution in [-0.4, -0.2) is 20.9 Å². The Morgan fingerprint density at radius 3 is 2.06 bits per heavy atom. The number of aromatic nitrogens is 2. The van der Waals surface area contributed by atoms with Crippen molar-refractivity contribution in [2.24, 2.45) is 17.3 Å². The monoisotopic (exact) mass is 904 g/mol. The number of aryl methyl sites for hydroxylation is 2. The first-order chi connectivity index (χ1) is 25.0. The molecule has 0 amide bonds. The fourth-order valence-corrected chi connectivity index (χ4v) is 7.42. The zero-order valence-corrected chi connectivity index (χ0v) is 36.9. The molecule has 0 aliphatic rings. The molecule has 6 aromatic rings. The van der Waals surface area contributed by atoms with Gasteiger partial charge < -0.3 is 9.52 Å². The maximum absolute atomic E-state index is 11.7. The maximum Gasteiger partial charge on any atom is 0.162 e. The molecule has 0 fully saturated rings. The fraction of sp³-hybridized carbons (Fsp3) is 0.438. The Balaban J connectivity index is 0.000000347. The van der Waals surface area contributed by atoms with Crippen LogP contribution in [0.5, 0.6) is 0 Å². The minimum atomic E-state index is -0.0358. The van der Waals surface area contributed by atoms with Gasteiger partial charge in [0.2, 0.25) is 0 Å². The van der Waals surface area contributed by atoms with Crippen molar-refractivity contribution in [3.05, 3.63) is 95.0 Å². The first kappa shape index (κ1) is 42.9. The Morgan fingerprint density at radius 2 is 1.44 bits per heavy atom. The van der Waals surface area contributed by atoms with E-state index < -0.39 is 0 Å². The van der Waals surface area contributed by atoms with Crippen molar-refractivity contribution in [3.63, 3.8) is 0 Å². The number of allylic oxidation sites excluding steroid dienone is 2. The van der Waals surface area contributed by atoms with Gasteiger partial charge >= 0.3 is 0 Å². The molecule has 4 aromatic carbocycles. The van der Waals surface area contributed by atoms with Gasteiger partial charge in [-0.2, -0.15) is 0 Å². The number of benzene rings is 4. The molecule has 1 N–H and O–H groups in total. The van der Waals surface area contributed by atoms with Crippen LogP contribution in [-0.2, 0) is 36.7 Å². The van der Waals surface area contributed by atoms with Gasteiger partial charge in [-0.15, -0.1) is 29.1 Å². The molecule has 0 atom stereocenters. The largest absolute Gasteiger partial charge is 0.512 e. The van der Waals surface area contributed by atoms with Crippen molar-refractivity contribution in [3.8, 4) is 11.3 Å². The fourth-order valence-electron chi connectivity index (χ4n) is 7.42. The second-order valence-corrected chi connectivity index (χ2v) is 17.0. The van der Waals surface area contributed by atoms with Crippen LogP contribution in [0, 0.1) is 37.2 Å². The smallest absolute Gasteiger partial charge is 0.162 e. The standard InChI is InChI=1S/C35H35N2O.C13H24O2.Ir/c1-20-9-11-24-17-25(18-29(28(24)15-20)35(6,7)8)30-33-31(37-21(2)36-30)27-14-12-23-16-22(19-34(3,4)5)10-13-26(23)32(27)38-33;1-5-10(6-2)12(14)9-13(15)11(7-3)8-4;/h9-16,18H,19H2,1-8H3;9-11,14H,5-8H2,1-4H3;/q-1;;/b;12-9-;. The molecule has 0 aliphatic heterocycles. The predicted molar refractivity (Wildman–Crippen MR) is 224 cm³/mol. The number of carbonyl (C=O) groups excluding carboxylic acids is 1. The van der Waals surface area contributed by atoms with Gasteiger partial charge in [0.1, 0.15) is 22.5 Å². The van der Waals surface area contributed by atoms with Gasteiger partial charge in [0.05, 0.1) is 11.5 Å². The number of aliphatic hydroxyl groups is 1. The first-order valence-electron chi connectivity index (χ1n) is 19.5. The minimum absolute atomic E-state index is 0. The van der Waals surface area contributed by atoms with E-state index in [-0.39, 0.29) is 54.3 Å². The molecule has 2 heterocycles. The minimum Gasteiger partial charge on any atom is -0.512 e. The van der Waals surface area contributed by atoms with Gasteiger partial charge in [-0.25, -0.2) is 4.98 Å². The topological polar surface area (TPSA) is 76.2 Å². The van der Waals surface area contributed by atoms with Gasteiger partial charge in [0.25, 0.3) is 0 Å². The quantitative estimate of drug-likeness (QED) is 0.0889. The summed E-state index contributed by atoms with van der Waals surface area (Å²) in [4.78, 5) is 21.5. The van der Waals surface area contributed by atoms with Crippen molar-refractivity contribution < 1.29 is 34.4 Å². The summed E-state index contributed by atoms with van der Waals surface area (Å²) in [5.41, 5.74) is 8.26. The molecule has 0 spiro atoms. The summed E-state index contributed by atoms with van der Waals surface area (Å²) in [6.07, 6.45) is 5.94. The van der Waals surface area contributed by atoms with E-state index in [1.54, 1.807) is 0 Å². The van der Waals surface area contributed by atoms with Crippen molar-refractivity contribution in [2.75, 3.05) is 0 Å². The zero-order valence-electron chi connectivity index (χ0n) is 34.5. The number of rotatable bonds is 9. The molecular weight excluding hydrogens is 845 g/mol. The van der Waals surface area contributed by atoms with Gasteiger partial charge in [-0.3, -0.25) is 9.78 Å². The number of ketones is 1. The number of nitrogens with zero attached hydrogens (tertiary/aromatic N) is 2. The van der Waals surface area contributed by atoms with Crippen LogP contribution in [0.3, 0.4) is 0 Å². The van der Waals surface area contributed by atoms with Crippen LogP contribution < -0.4 is 0 Å². The molecule has 0 saturated carbocycles. The van der Waals surface area contributed by atoms with E-state index in [2.05, 4.69) is 109 Å². The molecular formula is C48H59IrN2O3-. The van der Waals surface area contributed by atoms with Crippen molar-refractivity contribution in [1.29, 1.82) is 0 Å². The number of hydrogen-bond acceptors (Lipinski definition) is 5. The summed E-state index contributed by atoms with van der Waals surface area (Å²) in [7, 11) is 0. The Hall–Kier alpha value is -3.86. The summed E-state index contributed by atoms with van der Waals surface area (Å²) >= 11 is 0. The van der Waals surface area contributed by atoms with Gasteiger partial charge in [0, 0.05) is 48.8 Å². The third kappa shape index (κ3) is 9.50. The van der Waals surface area contributed by atoms with Gasteiger partial charge in [-0.05, 0) is 73.8 Å². The SMILES string of the molecule is CCC(CC)C(=O)/C=C(\O)C(CC)CC.Cc1ccc2[c-]c(-c3nc(C)nc4c3oc3c5ccc(CC(C)(C)C)cc5ccc43)cc(C(C)(C)C)c2c1.[Ir].